The first-order valence-electron chi connectivity index (χ1n) is 11.1. The van der Waals surface area contributed by atoms with Crippen LogP contribution in [0.2, 0.25) is 0 Å². The molecule has 0 aliphatic heterocycles. The molecular formula is C28H20N4O4. The van der Waals surface area contributed by atoms with Crippen LogP contribution < -0.4 is 10.1 Å². The largest absolute Gasteiger partial charge is 0.496 e. The summed E-state index contributed by atoms with van der Waals surface area (Å²) in [6, 6.07) is 28.7. The Morgan fingerprint density at radius 1 is 0.806 bits per heavy atom. The Hall–Kier alpha value is -5.11. The molecule has 0 aliphatic rings. The number of amides is 1. The highest BCUT2D eigenvalue weighted by Crippen LogP contribution is 2.32. The molecule has 1 amide bonds. The molecule has 0 bridgehead atoms. The van der Waals surface area contributed by atoms with E-state index in [9.17, 15) is 14.9 Å². The number of aromatic nitrogens is 2. The van der Waals surface area contributed by atoms with Gasteiger partial charge < -0.3 is 10.1 Å². The van der Waals surface area contributed by atoms with E-state index in [1.807, 2.05) is 60.7 Å². The van der Waals surface area contributed by atoms with Gasteiger partial charge in [0.2, 0.25) is 0 Å². The second kappa shape index (κ2) is 9.63. The van der Waals surface area contributed by atoms with Crippen molar-refractivity contribution in [2.24, 2.45) is 0 Å². The maximum absolute atomic E-state index is 13.0. The maximum atomic E-state index is 13.0. The Balaban J connectivity index is 1.56. The Morgan fingerprint density at radius 2 is 1.42 bits per heavy atom. The Labute approximate surface area is 206 Å². The van der Waals surface area contributed by atoms with E-state index >= 15 is 0 Å². The smallest absolute Gasteiger partial charge is 0.296 e. The van der Waals surface area contributed by atoms with Crippen LogP contribution >= 0.6 is 0 Å². The van der Waals surface area contributed by atoms with Crippen LogP contribution in [0.5, 0.6) is 5.75 Å². The van der Waals surface area contributed by atoms with Gasteiger partial charge in [0.15, 0.2) is 0 Å². The number of hydrogen-bond donors (Lipinski definition) is 1. The molecule has 8 nitrogen and oxygen atoms in total. The predicted octanol–water partition coefficient (Wildman–Crippen LogP) is 6.13. The Morgan fingerprint density at radius 3 is 2.00 bits per heavy atom. The van der Waals surface area contributed by atoms with Crippen LogP contribution in [0.4, 0.5) is 11.4 Å². The molecule has 0 saturated carbocycles. The number of carbonyl (C=O) groups is 1. The molecule has 5 rings (SSSR count). The summed E-state index contributed by atoms with van der Waals surface area (Å²) in [5.41, 5.74) is 4.52. The van der Waals surface area contributed by atoms with Crippen molar-refractivity contribution in [2.45, 2.75) is 0 Å². The van der Waals surface area contributed by atoms with E-state index in [0.717, 1.165) is 16.8 Å². The third-order valence-corrected chi connectivity index (χ3v) is 5.67. The summed E-state index contributed by atoms with van der Waals surface area (Å²) < 4.78 is 5.05. The molecule has 0 fully saturated rings. The van der Waals surface area contributed by atoms with Gasteiger partial charge >= 0.3 is 0 Å². The molecule has 0 spiro atoms. The molecule has 1 N–H and O–H groups in total. The summed E-state index contributed by atoms with van der Waals surface area (Å²) in [7, 11) is 1.42. The molecule has 0 aliphatic carbocycles. The number of rotatable bonds is 6. The average Bonchev–Trinajstić information content (AvgIpc) is 2.93. The lowest BCUT2D eigenvalue weighted by molar-refractivity contribution is -0.384. The minimum absolute atomic E-state index is 0.0707. The SMILES string of the molecule is COc1ccc(NC(=O)c2ccc3nc(-c4ccccc4)c(-c4ccccc4)nc3c2)c([N+](=O)[O-])c1. The zero-order chi connectivity index (χ0) is 25.1. The predicted molar refractivity (Wildman–Crippen MR) is 138 cm³/mol. The zero-order valence-electron chi connectivity index (χ0n) is 19.2. The first-order chi connectivity index (χ1) is 17.5. The number of anilines is 1. The molecule has 1 heterocycles. The molecule has 0 saturated heterocycles. The number of fused-ring (bicyclic) bond motifs is 1. The van der Waals surface area contributed by atoms with Crippen LogP contribution in [-0.4, -0.2) is 27.9 Å². The summed E-state index contributed by atoms with van der Waals surface area (Å²) in [6.07, 6.45) is 0. The molecule has 0 atom stereocenters. The first-order valence-corrected chi connectivity index (χ1v) is 11.1. The summed E-state index contributed by atoms with van der Waals surface area (Å²) in [6.45, 7) is 0. The van der Waals surface area contributed by atoms with Crippen molar-refractivity contribution in [1.82, 2.24) is 9.97 Å². The van der Waals surface area contributed by atoms with Crippen molar-refractivity contribution in [3.63, 3.8) is 0 Å². The van der Waals surface area contributed by atoms with Crippen molar-refractivity contribution < 1.29 is 14.5 Å². The number of nitrogens with one attached hydrogen (secondary N) is 1. The lowest BCUT2D eigenvalue weighted by Gasteiger charge is -2.12. The van der Waals surface area contributed by atoms with E-state index in [1.54, 1.807) is 24.3 Å². The van der Waals surface area contributed by atoms with Gasteiger partial charge in [-0.1, -0.05) is 60.7 Å². The normalized spacial score (nSPS) is 10.7. The number of hydrogen-bond acceptors (Lipinski definition) is 6. The minimum Gasteiger partial charge on any atom is -0.496 e. The molecule has 4 aromatic carbocycles. The topological polar surface area (TPSA) is 107 Å². The van der Waals surface area contributed by atoms with Crippen molar-refractivity contribution in [1.29, 1.82) is 0 Å². The highest BCUT2D eigenvalue weighted by atomic mass is 16.6. The van der Waals surface area contributed by atoms with E-state index < -0.39 is 10.8 Å². The van der Waals surface area contributed by atoms with Crippen LogP contribution in [0, 0.1) is 10.1 Å². The lowest BCUT2D eigenvalue weighted by Crippen LogP contribution is -2.13. The fourth-order valence-corrected chi connectivity index (χ4v) is 3.88. The number of carbonyl (C=O) groups excluding carboxylic acids is 1. The van der Waals surface area contributed by atoms with Crippen molar-refractivity contribution in [2.75, 3.05) is 12.4 Å². The number of nitrogens with zero attached hydrogens (tertiary/aromatic N) is 3. The lowest BCUT2D eigenvalue weighted by atomic mass is 10.0. The maximum Gasteiger partial charge on any atom is 0.296 e. The van der Waals surface area contributed by atoms with Gasteiger partial charge in [-0.05, 0) is 30.3 Å². The van der Waals surface area contributed by atoms with Gasteiger partial charge in [-0.25, -0.2) is 9.97 Å². The molecule has 36 heavy (non-hydrogen) atoms. The van der Waals surface area contributed by atoms with E-state index in [4.69, 9.17) is 14.7 Å². The summed E-state index contributed by atoms with van der Waals surface area (Å²) in [5.74, 6) is -0.177. The van der Waals surface area contributed by atoms with Crippen molar-refractivity contribution >= 4 is 28.3 Å². The molecule has 1 aromatic heterocycles. The van der Waals surface area contributed by atoms with E-state index in [-0.39, 0.29) is 11.4 Å². The number of ether oxygens (including phenoxy) is 1. The first kappa shape index (κ1) is 22.7. The number of nitro benzene ring substituents is 1. The number of methoxy groups -OCH3 is 1. The Bertz CT molecular complexity index is 1590. The van der Waals surface area contributed by atoms with Gasteiger partial charge in [0, 0.05) is 16.7 Å². The summed E-state index contributed by atoms with van der Waals surface area (Å²) >= 11 is 0. The fourth-order valence-electron chi connectivity index (χ4n) is 3.88. The van der Waals surface area contributed by atoms with E-state index in [2.05, 4.69) is 5.32 Å². The van der Waals surface area contributed by atoms with E-state index in [1.165, 1.54) is 19.2 Å². The van der Waals surface area contributed by atoms with Gasteiger partial charge in [0.25, 0.3) is 11.6 Å². The standard InChI is InChI=1S/C28H20N4O4/c1-36-21-13-15-23(25(17-21)32(34)35)31-28(33)20-12-14-22-24(16-20)30-27(19-10-6-3-7-11-19)26(29-22)18-8-4-2-5-9-18/h2-17H,1H3,(H,31,33). The fraction of sp³-hybridized carbons (Fsp3) is 0.0357. The average molecular weight is 476 g/mol. The molecule has 176 valence electrons. The van der Waals surface area contributed by atoms with Crippen LogP contribution in [0.15, 0.2) is 97.1 Å². The molecule has 0 unspecified atom stereocenters. The number of benzene rings is 4. The number of nitro groups is 1. The molecular weight excluding hydrogens is 456 g/mol. The molecule has 5 aromatic rings. The third-order valence-electron chi connectivity index (χ3n) is 5.67. The Kier molecular flexibility index (Phi) is 6.07. The molecule has 0 radical (unpaired) electrons. The summed E-state index contributed by atoms with van der Waals surface area (Å²) in [5, 5.41) is 14.1. The van der Waals surface area contributed by atoms with Crippen LogP contribution in [0.1, 0.15) is 10.4 Å². The van der Waals surface area contributed by atoms with Gasteiger partial charge in [0.1, 0.15) is 11.4 Å². The van der Waals surface area contributed by atoms with Crippen LogP contribution in [0.25, 0.3) is 33.5 Å². The van der Waals surface area contributed by atoms with Gasteiger partial charge in [0.05, 0.1) is 40.5 Å². The third kappa shape index (κ3) is 4.47. The minimum atomic E-state index is -0.568. The zero-order valence-corrected chi connectivity index (χ0v) is 19.2. The summed E-state index contributed by atoms with van der Waals surface area (Å²) in [4.78, 5) is 33.7. The highest BCUT2D eigenvalue weighted by Gasteiger charge is 2.19. The van der Waals surface area contributed by atoms with E-state index in [0.29, 0.717) is 28.0 Å². The quantitative estimate of drug-likeness (QED) is 0.233. The van der Waals surface area contributed by atoms with Crippen molar-refractivity contribution in [3.8, 4) is 28.3 Å². The van der Waals surface area contributed by atoms with Gasteiger partial charge in [-0.2, -0.15) is 0 Å². The van der Waals surface area contributed by atoms with Crippen LogP contribution in [0.3, 0.4) is 0 Å². The second-order valence-electron chi connectivity index (χ2n) is 7.95. The second-order valence-corrected chi connectivity index (χ2v) is 7.95. The van der Waals surface area contributed by atoms with Crippen LogP contribution in [-0.2, 0) is 0 Å². The van der Waals surface area contributed by atoms with Crippen molar-refractivity contribution in [3.05, 3.63) is 113 Å². The molecule has 8 heteroatoms. The highest BCUT2D eigenvalue weighted by molar-refractivity contribution is 6.07. The van der Waals surface area contributed by atoms with Gasteiger partial charge in [-0.3, -0.25) is 14.9 Å². The van der Waals surface area contributed by atoms with Gasteiger partial charge in [-0.15, -0.1) is 0 Å². The monoisotopic (exact) mass is 476 g/mol.